The molecule has 0 aromatic carbocycles. The van der Waals surface area contributed by atoms with E-state index in [0.29, 0.717) is 12.8 Å². The van der Waals surface area contributed by atoms with E-state index in [1.54, 1.807) is 0 Å². The molecule has 5 N–H and O–H groups in total. The molecule has 1 heterocycles. The first-order valence-corrected chi connectivity index (χ1v) is 4.46. The third-order valence-electron chi connectivity index (χ3n) is 2.32. The monoisotopic (exact) mass is 185 g/mol. The van der Waals surface area contributed by atoms with Crippen molar-refractivity contribution in [2.24, 2.45) is 11.5 Å². The first kappa shape index (κ1) is 9.98. The van der Waals surface area contributed by atoms with E-state index in [9.17, 15) is 9.59 Å². The molecule has 0 aromatic rings. The predicted octanol–water partition coefficient (Wildman–Crippen LogP) is -1.14. The number of primary amides is 2. The van der Waals surface area contributed by atoms with E-state index in [4.69, 9.17) is 11.5 Å². The number of carbonyl (C=O) groups is 2. The number of nitrogens with two attached hydrogens (primary N) is 2. The molecule has 5 heteroatoms. The smallest absolute Gasteiger partial charge is 0.234 e. The summed E-state index contributed by atoms with van der Waals surface area (Å²) in [5.74, 6) is -0.818. The number of hydrogen-bond donors (Lipinski definition) is 3. The Balaban J connectivity index is 2.59. The molecular formula is C8H15N3O2. The number of hydrogen-bond acceptors (Lipinski definition) is 3. The number of rotatable bonds is 2. The maximum Gasteiger partial charge on any atom is 0.234 e. The fourth-order valence-electron chi connectivity index (χ4n) is 1.56. The molecule has 0 aliphatic carbocycles. The fraction of sp³-hybridized carbons (Fsp3) is 0.750. The lowest BCUT2D eigenvalue weighted by Crippen LogP contribution is -2.50. The van der Waals surface area contributed by atoms with Crippen molar-refractivity contribution in [3.63, 3.8) is 0 Å². The van der Waals surface area contributed by atoms with Crippen molar-refractivity contribution in [2.75, 3.05) is 0 Å². The fourth-order valence-corrected chi connectivity index (χ4v) is 1.56. The third-order valence-corrected chi connectivity index (χ3v) is 2.32. The standard InChI is InChI=1S/C8H15N3O2/c9-7(12)5-3-1-2-4-6(11-5)8(10)13/h5-6,11H,1-4H2,(H2,9,12)(H2,10,13)/t5-,6+. The molecule has 0 spiro atoms. The van der Waals surface area contributed by atoms with Gasteiger partial charge in [-0.15, -0.1) is 0 Å². The minimum atomic E-state index is -0.409. The van der Waals surface area contributed by atoms with E-state index in [1.807, 2.05) is 0 Å². The minimum absolute atomic E-state index is 0.403. The van der Waals surface area contributed by atoms with Crippen molar-refractivity contribution in [2.45, 2.75) is 37.8 Å². The molecule has 1 aliphatic rings. The van der Waals surface area contributed by atoms with Crippen LogP contribution in [0.25, 0.3) is 0 Å². The Hall–Kier alpha value is -1.10. The molecule has 2 atom stereocenters. The van der Waals surface area contributed by atoms with Crippen molar-refractivity contribution < 1.29 is 9.59 Å². The lowest BCUT2D eigenvalue weighted by Gasteiger charge is -2.16. The molecule has 13 heavy (non-hydrogen) atoms. The quantitative estimate of drug-likeness (QED) is 0.507. The second-order valence-electron chi connectivity index (χ2n) is 3.36. The summed E-state index contributed by atoms with van der Waals surface area (Å²) >= 11 is 0. The van der Waals surface area contributed by atoms with Gasteiger partial charge in [-0.3, -0.25) is 14.9 Å². The zero-order valence-electron chi connectivity index (χ0n) is 7.45. The van der Waals surface area contributed by atoms with Gasteiger partial charge in [-0.1, -0.05) is 12.8 Å². The Kier molecular flexibility index (Phi) is 3.25. The van der Waals surface area contributed by atoms with Crippen LogP contribution in [0.2, 0.25) is 0 Å². The Labute approximate surface area is 76.8 Å². The van der Waals surface area contributed by atoms with Crippen LogP contribution in [0.4, 0.5) is 0 Å². The van der Waals surface area contributed by atoms with E-state index >= 15 is 0 Å². The largest absolute Gasteiger partial charge is 0.368 e. The Morgan fingerprint density at radius 2 is 1.38 bits per heavy atom. The average molecular weight is 185 g/mol. The van der Waals surface area contributed by atoms with Gasteiger partial charge in [0.2, 0.25) is 11.8 Å². The lowest BCUT2D eigenvalue weighted by molar-refractivity contribution is -0.122. The van der Waals surface area contributed by atoms with Gasteiger partial charge in [-0.2, -0.15) is 0 Å². The minimum Gasteiger partial charge on any atom is -0.368 e. The van der Waals surface area contributed by atoms with E-state index in [0.717, 1.165) is 12.8 Å². The van der Waals surface area contributed by atoms with Gasteiger partial charge in [0.25, 0.3) is 0 Å². The van der Waals surface area contributed by atoms with Gasteiger partial charge in [0, 0.05) is 0 Å². The van der Waals surface area contributed by atoms with E-state index in [2.05, 4.69) is 5.32 Å². The topological polar surface area (TPSA) is 98.2 Å². The summed E-state index contributed by atoms with van der Waals surface area (Å²) in [4.78, 5) is 21.8. The Bertz CT molecular complexity index is 195. The van der Waals surface area contributed by atoms with Crippen LogP contribution in [0.3, 0.4) is 0 Å². The van der Waals surface area contributed by atoms with Crippen LogP contribution < -0.4 is 16.8 Å². The molecular weight excluding hydrogens is 170 g/mol. The first-order valence-electron chi connectivity index (χ1n) is 4.46. The molecule has 0 unspecified atom stereocenters. The van der Waals surface area contributed by atoms with Crippen LogP contribution in [-0.4, -0.2) is 23.9 Å². The van der Waals surface area contributed by atoms with Gasteiger partial charge in [0.15, 0.2) is 0 Å². The molecule has 1 rings (SSSR count). The van der Waals surface area contributed by atoms with Crippen LogP contribution >= 0.6 is 0 Å². The molecule has 2 amide bonds. The van der Waals surface area contributed by atoms with Crippen molar-refractivity contribution in [3.05, 3.63) is 0 Å². The molecule has 5 nitrogen and oxygen atoms in total. The molecule has 0 radical (unpaired) electrons. The van der Waals surface area contributed by atoms with Gasteiger partial charge in [0.1, 0.15) is 0 Å². The van der Waals surface area contributed by atoms with Gasteiger partial charge in [-0.05, 0) is 12.8 Å². The number of amides is 2. The molecule has 1 aliphatic heterocycles. The van der Waals surface area contributed by atoms with Crippen LogP contribution in [0.5, 0.6) is 0 Å². The second kappa shape index (κ2) is 4.23. The van der Waals surface area contributed by atoms with Crippen molar-refractivity contribution in [1.29, 1.82) is 0 Å². The number of nitrogens with one attached hydrogen (secondary N) is 1. The predicted molar refractivity (Wildman–Crippen MR) is 47.6 cm³/mol. The van der Waals surface area contributed by atoms with Gasteiger partial charge in [0.05, 0.1) is 12.1 Å². The molecule has 1 fully saturated rings. The first-order chi connectivity index (χ1) is 6.11. The van der Waals surface area contributed by atoms with Crippen LogP contribution in [0.15, 0.2) is 0 Å². The Morgan fingerprint density at radius 3 is 1.69 bits per heavy atom. The normalized spacial score (nSPS) is 29.2. The highest BCUT2D eigenvalue weighted by molar-refractivity contribution is 5.83. The van der Waals surface area contributed by atoms with Gasteiger partial charge >= 0.3 is 0 Å². The summed E-state index contributed by atoms with van der Waals surface area (Å²) in [5, 5.41) is 2.87. The maximum absolute atomic E-state index is 10.9. The van der Waals surface area contributed by atoms with Crippen molar-refractivity contribution >= 4 is 11.8 Å². The maximum atomic E-state index is 10.9. The molecule has 0 saturated carbocycles. The summed E-state index contributed by atoms with van der Waals surface area (Å²) in [6, 6.07) is -0.806. The van der Waals surface area contributed by atoms with Gasteiger partial charge in [-0.25, -0.2) is 0 Å². The molecule has 1 saturated heterocycles. The third kappa shape index (κ3) is 2.69. The SMILES string of the molecule is NC(=O)[C@@H]1CCCC[C@H](C(N)=O)N1. The van der Waals surface area contributed by atoms with Crippen molar-refractivity contribution in [1.82, 2.24) is 5.32 Å². The highest BCUT2D eigenvalue weighted by Gasteiger charge is 2.25. The molecule has 74 valence electrons. The van der Waals surface area contributed by atoms with Gasteiger partial charge < -0.3 is 11.5 Å². The van der Waals surface area contributed by atoms with E-state index in [-0.39, 0.29) is 0 Å². The summed E-state index contributed by atoms with van der Waals surface area (Å²) in [6.45, 7) is 0. The van der Waals surface area contributed by atoms with Crippen LogP contribution in [0, 0.1) is 0 Å². The molecule has 0 bridgehead atoms. The van der Waals surface area contributed by atoms with E-state index in [1.165, 1.54) is 0 Å². The molecule has 0 aromatic heterocycles. The lowest BCUT2D eigenvalue weighted by atomic mass is 10.1. The Morgan fingerprint density at radius 1 is 1.00 bits per heavy atom. The summed E-state index contributed by atoms with van der Waals surface area (Å²) in [6.07, 6.45) is 3.20. The highest BCUT2D eigenvalue weighted by atomic mass is 16.2. The zero-order chi connectivity index (χ0) is 9.84. The number of carbonyl (C=O) groups excluding carboxylic acids is 2. The second-order valence-corrected chi connectivity index (χ2v) is 3.36. The summed E-state index contributed by atoms with van der Waals surface area (Å²) < 4.78 is 0. The van der Waals surface area contributed by atoms with Crippen LogP contribution in [0.1, 0.15) is 25.7 Å². The zero-order valence-corrected chi connectivity index (χ0v) is 7.45. The van der Waals surface area contributed by atoms with E-state index < -0.39 is 23.9 Å². The van der Waals surface area contributed by atoms with Crippen LogP contribution in [-0.2, 0) is 9.59 Å². The average Bonchev–Trinajstić information content (AvgIpc) is 2.28. The summed E-state index contributed by atoms with van der Waals surface area (Å²) in [7, 11) is 0. The highest BCUT2D eigenvalue weighted by Crippen LogP contribution is 2.12. The summed E-state index contributed by atoms with van der Waals surface area (Å²) in [5.41, 5.74) is 10.3. The van der Waals surface area contributed by atoms with Crippen molar-refractivity contribution in [3.8, 4) is 0 Å².